The normalized spacial score (nSPS) is 11.7. The van der Waals surface area contributed by atoms with Crippen molar-refractivity contribution in [2.45, 2.75) is 25.9 Å². The molecule has 0 saturated heterocycles. The number of aryl methyl sites for hydroxylation is 1. The van der Waals surface area contributed by atoms with Gasteiger partial charge in [0, 0.05) is 41.3 Å². The van der Waals surface area contributed by atoms with Crippen LogP contribution in [0.1, 0.15) is 16.7 Å². The maximum Gasteiger partial charge on any atom is 0.321 e. The number of rotatable bonds is 11. The van der Waals surface area contributed by atoms with Crippen LogP contribution < -0.4 is 20.1 Å². The summed E-state index contributed by atoms with van der Waals surface area (Å²) in [5.41, 5.74) is 4.34. The molecule has 0 aliphatic rings. The van der Waals surface area contributed by atoms with Gasteiger partial charge in [-0.25, -0.2) is 0 Å². The summed E-state index contributed by atoms with van der Waals surface area (Å²) in [6, 6.07) is 19.8. The third-order valence-corrected chi connectivity index (χ3v) is 5.90. The van der Waals surface area contributed by atoms with Crippen LogP contribution in [0.15, 0.2) is 72.9 Å². The predicted molar refractivity (Wildman–Crippen MR) is 139 cm³/mol. The summed E-state index contributed by atoms with van der Waals surface area (Å²) in [6.07, 6.45) is 2.15. The molecule has 4 aromatic rings. The summed E-state index contributed by atoms with van der Waals surface area (Å²) >= 11 is 0. The second-order valence-corrected chi connectivity index (χ2v) is 8.49. The number of carboxylic acid groups (broad SMARTS) is 1. The number of aromatic amines is 1. The topological polar surface area (TPSA) is 113 Å². The molecule has 0 unspecified atom stereocenters. The molecule has 1 atom stereocenters. The summed E-state index contributed by atoms with van der Waals surface area (Å²) < 4.78 is 11.3. The zero-order chi connectivity index (χ0) is 25.5. The highest BCUT2D eigenvalue weighted by Crippen LogP contribution is 2.31. The molecular formula is C28H29N3O5. The van der Waals surface area contributed by atoms with Crippen molar-refractivity contribution in [3.05, 3.63) is 89.6 Å². The number of fused-ring (bicyclic) bond motifs is 1. The number of aliphatic carboxylic acids is 1. The van der Waals surface area contributed by atoms with Crippen LogP contribution in [0.3, 0.4) is 0 Å². The van der Waals surface area contributed by atoms with Crippen molar-refractivity contribution in [2.75, 3.05) is 19.0 Å². The van der Waals surface area contributed by atoms with Gasteiger partial charge in [0.1, 0.15) is 6.04 Å². The van der Waals surface area contributed by atoms with Gasteiger partial charge in [0.2, 0.25) is 0 Å². The van der Waals surface area contributed by atoms with E-state index in [-0.39, 0.29) is 19.1 Å². The largest absolute Gasteiger partial charge is 0.493 e. The zero-order valence-corrected chi connectivity index (χ0v) is 20.2. The quantitative estimate of drug-likeness (QED) is 0.251. The Balaban J connectivity index is 1.44. The molecule has 0 fully saturated rings. The molecule has 0 spiro atoms. The van der Waals surface area contributed by atoms with E-state index in [2.05, 4.69) is 15.6 Å². The van der Waals surface area contributed by atoms with E-state index in [9.17, 15) is 14.7 Å². The van der Waals surface area contributed by atoms with Crippen LogP contribution in [0.4, 0.5) is 5.69 Å². The van der Waals surface area contributed by atoms with E-state index in [4.69, 9.17) is 9.47 Å². The summed E-state index contributed by atoms with van der Waals surface area (Å²) in [5, 5.41) is 16.8. The molecule has 8 heteroatoms. The number of benzene rings is 3. The number of carboxylic acids is 1. The number of para-hydroxylation sites is 2. The van der Waals surface area contributed by atoms with Crippen LogP contribution in [0.2, 0.25) is 0 Å². The van der Waals surface area contributed by atoms with Gasteiger partial charge in [-0.15, -0.1) is 0 Å². The number of amides is 1. The minimum Gasteiger partial charge on any atom is -0.493 e. The van der Waals surface area contributed by atoms with Crippen molar-refractivity contribution in [2.24, 2.45) is 0 Å². The van der Waals surface area contributed by atoms with E-state index in [1.54, 1.807) is 12.1 Å². The molecule has 4 N–H and O–H groups in total. The molecule has 1 aromatic heterocycles. The second-order valence-electron chi connectivity index (χ2n) is 8.49. The number of hydrogen-bond acceptors (Lipinski definition) is 5. The van der Waals surface area contributed by atoms with Gasteiger partial charge in [-0.2, -0.15) is 0 Å². The highest BCUT2D eigenvalue weighted by atomic mass is 16.5. The molecule has 1 amide bonds. The van der Waals surface area contributed by atoms with Crippen LogP contribution in [0, 0.1) is 6.92 Å². The number of hydrogen-bond donors (Lipinski definition) is 4. The van der Waals surface area contributed by atoms with Gasteiger partial charge in [-0.05, 0) is 36.8 Å². The molecule has 0 aliphatic carbocycles. The molecule has 1 heterocycles. The van der Waals surface area contributed by atoms with E-state index in [0.29, 0.717) is 29.2 Å². The van der Waals surface area contributed by atoms with Crippen molar-refractivity contribution in [1.82, 2.24) is 10.3 Å². The Morgan fingerprint density at radius 3 is 2.53 bits per heavy atom. The molecular weight excluding hydrogens is 458 g/mol. The van der Waals surface area contributed by atoms with Gasteiger partial charge in [-0.1, -0.05) is 48.0 Å². The minimum atomic E-state index is -0.955. The van der Waals surface area contributed by atoms with Gasteiger partial charge in [-0.3, -0.25) is 14.9 Å². The maximum absolute atomic E-state index is 12.4. The molecule has 186 valence electrons. The van der Waals surface area contributed by atoms with Gasteiger partial charge < -0.3 is 24.9 Å². The average Bonchev–Trinajstić information content (AvgIpc) is 3.29. The van der Waals surface area contributed by atoms with E-state index >= 15 is 0 Å². The third-order valence-electron chi connectivity index (χ3n) is 5.90. The zero-order valence-electron chi connectivity index (χ0n) is 20.2. The number of anilines is 1. The Hall–Kier alpha value is -4.30. The Morgan fingerprint density at radius 2 is 1.78 bits per heavy atom. The molecule has 0 bridgehead atoms. The van der Waals surface area contributed by atoms with Crippen molar-refractivity contribution in [3.8, 4) is 11.5 Å². The highest BCUT2D eigenvalue weighted by molar-refractivity contribution is 5.92. The van der Waals surface area contributed by atoms with Gasteiger partial charge in [0.15, 0.2) is 18.1 Å². The van der Waals surface area contributed by atoms with E-state index in [1.165, 1.54) is 7.11 Å². The maximum atomic E-state index is 12.4. The Bertz CT molecular complexity index is 1350. The van der Waals surface area contributed by atoms with Gasteiger partial charge >= 0.3 is 5.97 Å². The van der Waals surface area contributed by atoms with Crippen molar-refractivity contribution < 1.29 is 24.2 Å². The van der Waals surface area contributed by atoms with Crippen LogP contribution in [0.5, 0.6) is 11.5 Å². The molecule has 0 saturated carbocycles. The molecule has 3 aromatic carbocycles. The van der Waals surface area contributed by atoms with Crippen molar-refractivity contribution in [3.63, 3.8) is 0 Å². The predicted octanol–water partition coefficient (Wildman–Crippen LogP) is 4.29. The van der Waals surface area contributed by atoms with Gasteiger partial charge in [0.05, 0.1) is 7.11 Å². The number of carbonyl (C=O) groups is 2. The Labute approximate surface area is 209 Å². The fraction of sp³-hybridized carbons (Fsp3) is 0.214. The first-order chi connectivity index (χ1) is 17.4. The number of methoxy groups -OCH3 is 1. The molecule has 0 aliphatic heterocycles. The van der Waals surface area contributed by atoms with Crippen molar-refractivity contribution in [1.29, 1.82) is 0 Å². The lowest BCUT2D eigenvalue weighted by molar-refractivity contribution is -0.139. The standard InChI is InChI=1S/C28H29N3O5/c1-18-10-12-21(13-11-18)31-26(32)17-36-27-19(6-5-9-25(27)35-2)15-30-24(28(33)34)14-20-16-29-23-8-4-3-7-22(20)23/h3-13,16,24,29-30H,14-15,17H2,1-2H3,(H,31,32)(H,33,34)/t24-/m1/s1. The Morgan fingerprint density at radius 1 is 1.00 bits per heavy atom. The molecule has 4 rings (SSSR count). The number of H-pyrrole nitrogens is 1. The summed E-state index contributed by atoms with van der Waals surface area (Å²) in [6.45, 7) is 1.96. The fourth-order valence-electron chi connectivity index (χ4n) is 4.00. The molecule has 36 heavy (non-hydrogen) atoms. The lowest BCUT2D eigenvalue weighted by Crippen LogP contribution is -2.38. The second kappa shape index (κ2) is 11.4. The summed E-state index contributed by atoms with van der Waals surface area (Å²) in [4.78, 5) is 27.7. The van der Waals surface area contributed by atoms with Crippen LogP contribution >= 0.6 is 0 Å². The number of carbonyl (C=O) groups excluding carboxylic acids is 1. The minimum absolute atomic E-state index is 0.214. The first-order valence-electron chi connectivity index (χ1n) is 11.6. The van der Waals surface area contributed by atoms with Crippen LogP contribution in [-0.2, 0) is 22.6 Å². The fourth-order valence-corrected chi connectivity index (χ4v) is 4.00. The van der Waals surface area contributed by atoms with E-state index in [1.807, 2.05) is 67.7 Å². The highest BCUT2D eigenvalue weighted by Gasteiger charge is 2.21. The van der Waals surface area contributed by atoms with Gasteiger partial charge in [0.25, 0.3) is 5.91 Å². The number of aromatic nitrogens is 1. The smallest absolute Gasteiger partial charge is 0.321 e. The molecule has 8 nitrogen and oxygen atoms in total. The Kier molecular flexibility index (Phi) is 7.87. The first-order valence-corrected chi connectivity index (χ1v) is 11.6. The monoisotopic (exact) mass is 487 g/mol. The molecule has 0 radical (unpaired) electrons. The lowest BCUT2D eigenvalue weighted by atomic mass is 10.0. The number of nitrogens with one attached hydrogen (secondary N) is 3. The first kappa shape index (κ1) is 24.8. The van der Waals surface area contributed by atoms with Crippen molar-refractivity contribution >= 4 is 28.5 Å². The summed E-state index contributed by atoms with van der Waals surface area (Å²) in [5.74, 6) is -0.418. The third kappa shape index (κ3) is 6.03. The van der Waals surface area contributed by atoms with E-state index in [0.717, 1.165) is 22.0 Å². The SMILES string of the molecule is COc1cccc(CN[C@H](Cc2c[nH]c3ccccc23)C(=O)O)c1OCC(=O)Nc1ccc(C)cc1. The summed E-state index contributed by atoms with van der Waals surface area (Å²) in [7, 11) is 1.52. The van der Waals surface area contributed by atoms with Crippen LogP contribution in [0.25, 0.3) is 10.9 Å². The van der Waals surface area contributed by atoms with E-state index < -0.39 is 12.0 Å². The number of ether oxygens (including phenoxy) is 2. The average molecular weight is 488 g/mol. The van der Waals surface area contributed by atoms with Crippen LogP contribution in [-0.4, -0.2) is 41.7 Å². The lowest BCUT2D eigenvalue weighted by Gasteiger charge is -2.18.